The molecule has 0 saturated carbocycles. The number of benzene rings is 1. The molecule has 0 unspecified atom stereocenters. The Bertz CT molecular complexity index is 789. The van der Waals surface area contributed by atoms with Gasteiger partial charge in [0.15, 0.2) is 0 Å². The van der Waals surface area contributed by atoms with Crippen LogP contribution in [-0.2, 0) is 0 Å². The molecule has 0 aliphatic carbocycles. The number of phenols is 1. The number of halogens is 13. The van der Waals surface area contributed by atoms with E-state index in [2.05, 4.69) is 4.74 Å². The molecular formula is C14H5F13O2. The molecule has 29 heavy (non-hydrogen) atoms. The van der Waals surface area contributed by atoms with Gasteiger partial charge in [-0.2, -0.15) is 52.7 Å². The fraction of sp³-hybridized carbons (Fsp3) is 0.286. The largest absolute Gasteiger partial charge is 0.508 e. The summed E-state index contributed by atoms with van der Waals surface area (Å²) >= 11 is 0. The summed E-state index contributed by atoms with van der Waals surface area (Å²) in [7, 11) is 0. The van der Waals surface area contributed by atoms with Gasteiger partial charge in [0.25, 0.3) is 0 Å². The standard InChI is InChI=1S/C14H5F13O2/c15-9(13(22,23)24)7(11(16,17)18)8(12(19,20)21)10(14(25,26)27)29-6-3-1-5(28)2-4-6/h1-4,28H/b9-7-,10-8-. The highest BCUT2D eigenvalue weighted by atomic mass is 19.4. The summed E-state index contributed by atoms with van der Waals surface area (Å²) in [6, 6.07) is 1.83. The van der Waals surface area contributed by atoms with Crippen molar-refractivity contribution in [3.05, 3.63) is 47.0 Å². The summed E-state index contributed by atoms with van der Waals surface area (Å²) in [6.45, 7) is 0. The summed E-state index contributed by atoms with van der Waals surface area (Å²) in [5.41, 5.74) is -8.33. The molecule has 0 atom stereocenters. The van der Waals surface area contributed by atoms with Gasteiger partial charge in [0.2, 0.25) is 11.6 Å². The Hall–Kier alpha value is -2.61. The van der Waals surface area contributed by atoms with E-state index in [4.69, 9.17) is 5.11 Å². The maximum absolute atomic E-state index is 13.2. The molecule has 2 nitrogen and oxygen atoms in total. The predicted octanol–water partition coefficient (Wildman–Crippen LogP) is 6.50. The van der Waals surface area contributed by atoms with E-state index in [9.17, 15) is 57.1 Å². The smallest absolute Gasteiger partial charge is 0.450 e. The Kier molecular flexibility index (Phi) is 6.46. The molecule has 0 aliphatic heterocycles. The molecule has 0 heterocycles. The van der Waals surface area contributed by atoms with Crippen LogP contribution in [0.1, 0.15) is 0 Å². The number of phenolic OH excluding ortho intramolecular Hbond substituents is 1. The number of alkyl halides is 12. The van der Waals surface area contributed by atoms with E-state index in [1.165, 1.54) is 0 Å². The molecule has 0 spiro atoms. The Morgan fingerprint density at radius 3 is 1.34 bits per heavy atom. The van der Waals surface area contributed by atoms with Gasteiger partial charge in [-0.1, -0.05) is 0 Å². The van der Waals surface area contributed by atoms with E-state index in [0.29, 0.717) is 24.3 Å². The SMILES string of the molecule is Oc1ccc(O/C(=C(/C(=C(/F)C(F)(F)F)C(F)(F)F)C(F)(F)F)C(F)(F)F)cc1. The van der Waals surface area contributed by atoms with Gasteiger partial charge in [-0.15, -0.1) is 0 Å². The van der Waals surface area contributed by atoms with Crippen LogP contribution in [0.3, 0.4) is 0 Å². The van der Waals surface area contributed by atoms with Crippen molar-refractivity contribution in [3.63, 3.8) is 0 Å². The Labute approximate surface area is 151 Å². The molecule has 0 aliphatic rings. The molecular weight excluding hydrogens is 447 g/mol. The maximum Gasteiger partial charge on any atom is 0.450 e. The normalized spacial score (nSPS) is 15.6. The van der Waals surface area contributed by atoms with E-state index >= 15 is 0 Å². The van der Waals surface area contributed by atoms with Gasteiger partial charge in [-0.05, 0) is 24.3 Å². The first-order chi connectivity index (χ1) is 12.8. The molecule has 1 N–H and O–H groups in total. The number of aromatic hydroxyl groups is 1. The van der Waals surface area contributed by atoms with E-state index in [-0.39, 0.29) is 0 Å². The van der Waals surface area contributed by atoms with Gasteiger partial charge < -0.3 is 9.84 Å². The molecule has 0 saturated heterocycles. The molecule has 0 fully saturated rings. The number of hydrogen-bond donors (Lipinski definition) is 1. The van der Waals surface area contributed by atoms with E-state index < -0.39 is 58.9 Å². The molecule has 0 radical (unpaired) electrons. The third-order valence-electron chi connectivity index (χ3n) is 2.83. The van der Waals surface area contributed by atoms with E-state index in [1.807, 2.05) is 0 Å². The summed E-state index contributed by atoms with van der Waals surface area (Å²) in [6.07, 6.45) is -26.8. The number of hydrogen-bond acceptors (Lipinski definition) is 2. The zero-order chi connectivity index (χ0) is 23.0. The van der Waals surface area contributed by atoms with Crippen molar-refractivity contribution in [2.75, 3.05) is 0 Å². The zero-order valence-electron chi connectivity index (χ0n) is 13.1. The first-order valence-electron chi connectivity index (χ1n) is 6.66. The Morgan fingerprint density at radius 2 is 1.03 bits per heavy atom. The monoisotopic (exact) mass is 452 g/mol. The molecule has 0 aromatic heterocycles. The van der Waals surface area contributed by atoms with Gasteiger partial charge in [0.05, 0.1) is 0 Å². The average molecular weight is 452 g/mol. The van der Waals surface area contributed by atoms with Crippen LogP contribution in [-0.4, -0.2) is 29.8 Å². The van der Waals surface area contributed by atoms with Gasteiger partial charge in [-0.25, -0.2) is 4.39 Å². The van der Waals surface area contributed by atoms with Crippen LogP contribution in [0.5, 0.6) is 11.5 Å². The highest BCUT2D eigenvalue weighted by Crippen LogP contribution is 2.49. The summed E-state index contributed by atoms with van der Waals surface area (Å²) < 4.78 is 171. The average Bonchev–Trinajstić information content (AvgIpc) is 2.47. The highest BCUT2D eigenvalue weighted by molar-refractivity contribution is 5.46. The van der Waals surface area contributed by atoms with Crippen molar-refractivity contribution in [2.24, 2.45) is 0 Å². The molecule has 0 amide bonds. The molecule has 1 aromatic carbocycles. The van der Waals surface area contributed by atoms with Crippen molar-refractivity contribution in [1.29, 1.82) is 0 Å². The third-order valence-corrected chi connectivity index (χ3v) is 2.83. The van der Waals surface area contributed by atoms with Crippen LogP contribution in [0.25, 0.3) is 0 Å². The predicted molar refractivity (Wildman–Crippen MR) is 68.1 cm³/mol. The zero-order valence-corrected chi connectivity index (χ0v) is 13.1. The van der Waals surface area contributed by atoms with E-state index in [0.717, 1.165) is 0 Å². The molecule has 164 valence electrons. The Balaban J connectivity index is 4.02. The van der Waals surface area contributed by atoms with Crippen LogP contribution in [0.2, 0.25) is 0 Å². The number of ether oxygens (including phenoxy) is 1. The van der Waals surface area contributed by atoms with Crippen LogP contribution < -0.4 is 4.74 Å². The minimum atomic E-state index is -6.85. The third kappa shape index (κ3) is 6.19. The summed E-state index contributed by atoms with van der Waals surface area (Å²) in [5, 5.41) is 8.95. The van der Waals surface area contributed by atoms with Crippen molar-refractivity contribution in [3.8, 4) is 11.5 Å². The van der Waals surface area contributed by atoms with Gasteiger partial charge in [0.1, 0.15) is 22.6 Å². The minimum Gasteiger partial charge on any atom is -0.508 e. The molecule has 1 rings (SSSR count). The fourth-order valence-electron chi connectivity index (χ4n) is 1.78. The summed E-state index contributed by atoms with van der Waals surface area (Å²) in [4.78, 5) is 0. The number of allylic oxidation sites excluding steroid dienone is 4. The second-order valence-electron chi connectivity index (χ2n) is 4.98. The lowest BCUT2D eigenvalue weighted by molar-refractivity contribution is -0.149. The molecule has 1 aromatic rings. The lowest BCUT2D eigenvalue weighted by Gasteiger charge is -2.24. The van der Waals surface area contributed by atoms with Gasteiger partial charge in [0, 0.05) is 0 Å². The lowest BCUT2D eigenvalue weighted by Crippen LogP contribution is -2.33. The van der Waals surface area contributed by atoms with Crippen LogP contribution in [0.4, 0.5) is 57.1 Å². The van der Waals surface area contributed by atoms with Crippen LogP contribution in [0, 0.1) is 0 Å². The summed E-state index contributed by atoms with van der Waals surface area (Å²) in [5.74, 6) is -9.94. The van der Waals surface area contributed by atoms with Crippen molar-refractivity contribution >= 4 is 0 Å². The van der Waals surface area contributed by atoms with Gasteiger partial charge >= 0.3 is 24.7 Å². The maximum atomic E-state index is 13.2. The highest BCUT2D eigenvalue weighted by Gasteiger charge is 2.58. The first-order valence-corrected chi connectivity index (χ1v) is 6.66. The van der Waals surface area contributed by atoms with Gasteiger partial charge in [-0.3, -0.25) is 0 Å². The van der Waals surface area contributed by atoms with Crippen molar-refractivity contribution in [2.45, 2.75) is 24.7 Å². The van der Waals surface area contributed by atoms with Crippen LogP contribution in [0.15, 0.2) is 47.0 Å². The van der Waals surface area contributed by atoms with E-state index in [1.54, 1.807) is 0 Å². The second kappa shape index (κ2) is 7.67. The molecule has 15 heteroatoms. The van der Waals surface area contributed by atoms with Crippen molar-refractivity contribution < 1.29 is 66.9 Å². The second-order valence-corrected chi connectivity index (χ2v) is 4.98. The number of rotatable bonds is 3. The quantitative estimate of drug-likeness (QED) is 0.323. The topological polar surface area (TPSA) is 29.5 Å². The first kappa shape index (κ1) is 24.4. The molecule has 0 bridgehead atoms. The lowest BCUT2D eigenvalue weighted by atomic mass is 10.0. The fourth-order valence-corrected chi connectivity index (χ4v) is 1.78. The minimum absolute atomic E-state index is 0.367. The van der Waals surface area contributed by atoms with Crippen LogP contribution >= 0.6 is 0 Å². The Morgan fingerprint density at radius 1 is 0.621 bits per heavy atom. The van der Waals surface area contributed by atoms with Crippen molar-refractivity contribution in [1.82, 2.24) is 0 Å².